The number of aromatic nitrogens is 1. The van der Waals surface area contributed by atoms with Gasteiger partial charge in [0.1, 0.15) is 5.82 Å². The smallest absolute Gasteiger partial charge is 0.209 e. The monoisotopic (exact) mass is 284 g/mol. The Bertz CT molecular complexity index is 524. The highest BCUT2D eigenvalue weighted by Gasteiger charge is 2.18. The van der Waals surface area contributed by atoms with Crippen molar-refractivity contribution >= 4 is 15.8 Å². The molecule has 1 aromatic rings. The highest BCUT2D eigenvalue weighted by Crippen LogP contribution is 2.17. The van der Waals surface area contributed by atoms with Gasteiger partial charge in [0, 0.05) is 18.3 Å². The molecule has 0 bridgehead atoms. The number of rotatable bonds is 4. The van der Waals surface area contributed by atoms with E-state index in [0.717, 1.165) is 43.8 Å². The zero-order valence-corrected chi connectivity index (χ0v) is 11.9. The predicted molar refractivity (Wildman–Crippen MR) is 74.2 cm³/mol. The molecule has 1 saturated heterocycles. The molecule has 0 aliphatic carbocycles. The molecule has 19 heavy (non-hydrogen) atoms. The quantitative estimate of drug-likeness (QED) is 0.669. The molecule has 6 nitrogen and oxygen atoms in total. The average Bonchev–Trinajstić information content (AvgIpc) is 2.37. The molecule has 0 radical (unpaired) electrons. The largest absolute Gasteiger partial charge is 0.465 e. The van der Waals surface area contributed by atoms with Gasteiger partial charge in [0.15, 0.2) is 0 Å². The number of sulfonamides is 1. The van der Waals surface area contributed by atoms with Crippen LogP contribution in [0.3, 0.4) is 0 Å². The van der Waals surface area contributed by atoms with Crippen LogP contribution >= 0.6 is 0 Å². The van der Waals surface area contributed by atoms with Crippen molar-refractivity contribution in [3.63, 3.8) is 0 Å². The van der Waals surface area contributed by atoms with Crippen molar-refractivity contribution in [1.82, 2.24) is 9.71 Å². The van der Waals surface area contributed by atoms with Crippen molar-refractivity contribution < 1.29 is 13.3 Å². The summed E-state index contributed by atoms with van der Waals surface area (Å²) in [5.74, 6) is 0.867. The van der Waals surface area contributed by atoms with E-state index in [0.29, 0.717) is 0 Å². The fourth-order valence-corrected chi connectivity index (χ4v) is 2.51. The predicted octanol–water partition coefficient (Wildman–Crippen LogP) is -1.37. The first-order valence-electron chi connectivity index (χ1n) is 6.26. The molecule has 2 rings (SSSR count). The Morgan fingerprint density at radius 2 is 2.16 bits per heavy atom. The van der Waals surface area contributed by atoms with E-state index < -0.39 is 10.0 Å². The van der Waals surface area contributed by atoms with Crippen LogP contribution in [0.1, 0.15) is 5.56 Å². The van der Waals surface area contributed by atoms with E-state index in [2.05, 4.69) is 21.7 Å². The third kappa shape index (κ3) is 4.15. The van der Waals surface area contributed by atoms with Crippen LogP contribution in [0, 0.1) is 7.05 Å². The molecule has 1 aliphatic rings. The summed E-state index contributed by atoms with van der Waals surface area (Å²) in [7, 11) is 0.806. The van der Waals surface area contributed by atoms with Gasteiger partial charge in [-0.25, -0.2) is 18.1 Å². The summed E-state index contributed by atoms with van der Waals surface area (Å²) in [5, 5.41) is 0. The van der Waals surface area contributed by atoms with Crippen molar-refractivity contribution in [2.24, 2.45) is 0 Å². The van der Waals surface area contributed by atoms with Crippen LogP contribution in [0.5, 0.6) is 0 Å². The SMILES string of the molecule is [CH2-][NH+]1CCN(c2ncccc2CNS(C)(=O)=O)CC1. The first-order chi connectivity index (χ1) is 8.96. The molecule has 0 atom stereocenters. The Morgan fingerprint density at radius 3 is 2.79 bits per heavy atom. The molecule has 0 unspecified atom stereocenters. The van der Waals surface area contributed by atoms with E-state index in [1.54, 1.807) is 6.20 Å². The molecule has 1 fully saturated rings. The minimum absolute atomic E-state index is 0.277. The van der Waals surface area contributed by atoms with Crippen molar-refractivity contribution in [2.75, 3.05) is 37.3 Å². The zero-order chi connectivity index (χ0) is 13.9. The Hall–Kier alpha value is -1.18. The summed E-state index contributed by atoms with van der Waals surface area (Å²) in [6.07, 6.45) is 2.90. The zero-order valence-electron chi connectivity index (χ0n) is 11.1. The normalized spacial score (nSPS) is 17.7. The van der Waals surface area contributed by atoms with Crippen molar-refractivity contribution in [3.05, 3.63) is 30.9 Å². The summed E-state index contributed by atoms with van der Waals surface area (Å²) in [4.78, 5) is 7.84. The molecule has 0 spiro atoms. The van der Waals surface area contributed by atoms with Crippen LogP contribution in [0.2, 0.25) is 0 Å². The molecular formula is C12H20N4O2S. The number of anilines is 1. The van der Waals surface area contributed by atoms with E-state index in [-0.39, 0.29) is 6.54 Å². The third-order valence-electron chi connectivity index (χ3n) is 3.16. The van der Waals surface area contributed by atoms with Gasteiger partial charge in [0.25, 0.3) is 0 Å². The van der Waals surface area contributed by atoms with Crippen LogP contribution in [-0.4, -0.2) is 45.8 Å². The summed E-state index contributed by atoms with van der Waals surface area (Å²) in [6, 6.07) is 3.73. The van der Waals surface area contributed by atoms with Gasteiger partial charge in [-0.05, 0) is 6.07 Å². The van der Waals surface area contributed by atoms with Gasteiger partial charge in [-0.1, -0.05) is 6.07 Å². The molecule has 106 valence electrons. The van der Waals surface area contributed by atoms with Crippen LogP contribution in [0.25, 0.3) is 0 Å². The Kier molecular flexibility index (Phi) is 4.38. The summed E-state index contributed by atoms with van der Waals surface area (Å²) in [5.41, 5.74) is 0.903. The average molecular weight is 284 g/mol. The summed E-state index contributed by atoms with van der Waals surface area (Å²) < 4.78 is 24.9. The fourth-order valence-electron chi connectivity index (χ4n) is 2.10. The molecule has 0 aromatic carbocycles. The highest BCUT2D eigenvalue weighted by atomic mass is 32.2. The van der Waals surface area contributed by atoms with Gasteiger partial charge in [-0.3, -0.25) is 0 Å². The Balaban J connectivity index is 2.12. The standard InChI is InChI=1S/C12H20N4O2S/c1-15-6-8-16(9-7-15)12-11(4-3-5-13-12)10-14-19(2,17)18/h3-5,14-15H,1,6-10H2,2H3. The van der Waals surface area contributed by atoms with Crippen LogP contribution < -0.4 is 14.5 Å². The lowest BCUT2D eigenvalue weighted by Crippen LogP contribution is -3.10. The van der Waals surface area contributed by atoms with E-state index in [4.69, 9.17) is 0 Å². The maximum atomic E-state index is 11.2. The molecule has 2 N–H and O–H groups in total. The number of hydrogen-bond acceptors (Lipinski definition) is 4. The lowest BCUT2D eigenvalue weighted by molar-refractivity contribution is -0.854. The van der Waals surface area contributed by atoms with E-state index in [1.165, 1.54) is 4.90 Å². The molecule has 0 amide bonds. The minimum atomic E-state index is -3.19. The van der Waals surface area contributed by atoms with Gasteiger partial charge >= 0.3 is 0 Å². The number of piperazine rings is 1. The first-order valence-corrected chi connectivity index (χ1v) is 8.15. The summed E-state index contributed by atoms with van der Waals surface area (Å²) in [6.45, 7) is 3.99. The van der Waals surface area contributed by atoms with Crippen LogP contribution in [0.4, 0.5) is 5.82 Å². The lowest BCUT2D eigenvalue weighted by Gasteiger charge is -2.35. The van der Waals surface area contributed by atoms with E-state index in [1.807, 2.05) is 12.1 Å². The summed E-state index contributed by atoms with van der Waals surface area (Å²) >= 11 is 0. The van der Waals surface area contributed by atoms with Gasteiger partial charge in [0.2, 0.25) is 10.0 Å². The van der Waals surface area contributed by atoms with Gasteiger partial charge in [-0.15, -0.1) is 0 Å². The van der Waals surface area contributed by atoms with E-state index >= 15 is 0 Å². The Labute approximate surface area is 114 Å². The Morgan fingerprint density at radius 1 is 1.47 bits per heavy atom. The molecule has 1 aromatic heterocycles. The fraction of sp³-hybridized carbons (Fsp3) is 0.500. The van der Waals surface area contributed by atoms with Gasteiger partial charge in [0.05, 0.1) is 32.4 Å². The second kappa shape index (κ2) is 5.85. The maximum Gasteiger partial charge on any atom is 0.209 e. The topological polar surface area (TPSA) is 66.7 Å². The van der Waals surface area contributed by atoms with E-state index in [9.17, 15) is 8.42 Å². The minimum Gasteiger partial charge on any atom is -0.465 e. The van der Waals surface area contributed by atoms with Crippen molar-refractivity contribution in [3.8, 4) is 0 Å². The molecular weight excluding hydrogens is 264 g/mol. The van der Waals surface area contributed by atoms with Gasteiger partial charge in [-0.2, -0.15) is 7.05 Å². The van der Waals surface area contributed by atoms with Crippen LogP contribution in [-0.2, 0) is 16.6 Å². The second-order valence-electron chi connectivity index (χ2n) is 4.82. The van der Waals surface area contributed by atoms with Gasteiger partial charge < -0.3 is 9.80 Å². The number of pyridine rings is 1. The maximum absolute atomic E-state index is 11.2. The lowest BCUT2D eigenvalue weighted by atomic mass is 10.2. The number of hydrogen-bond donors (Lipinski definition) is 2. The molecule has 2 heterocycles. The third-order valence-corrected chi connectivity index (χ3v) is 3.83. The number of nitrogens with one attached hydrogen (secondary N) is 2. The first kappa shape index (κ1) is 14.2. The van der Waals surface area contributed by atoms with Crippen molar-refractivity contribution in [1.29, 1.82) is 0 Å². The highest BCUT2D eigenvalue weighted by molar-refractivity contribution is 7.88. The molecule has 7 heteroatoms. The second-order valence-corrected chi connectivity index (χ2v) is 6.65. The molecule has 0 saturated carbocycles. The van der Waals surface area contributed by atoms with Crippen LogP contribution in [0.15, 0.2) is 18.3 Å². The number of quaternary nitrogens is 1. The van der Waals surface area contributed by atoms with Crippen molar-refractivity contribution in [2.45, 2.75) is 6.54 Å². The molecule has 1 aliphatic heterocycles. The number of nitrogens with zero attached hydrogens (tertiary/aromatic N) is 2.